The van der Waals surface area contributed by atoms with Gasteiger partial charge in [-0.05, 0) is 37.1 Å². The number of aliphatic hydroxyl groups is 1. The Labute approximate surface area is 193 Å². The number of aliphatic hydroxyl groups excluding tert-OH is 1. The van der Waals surface area contributed by atoms with Crippen molar-refractivity contribution in [3.8, 4) is 11.3 Å². The quantitative estimate of drug-likeness (QED) is 0.492. The molecule has 0 unspecified atom stereocenters. The molecular weight excluding hydrogens is 451 g/mol. The Bertz CT molecular complexity index is 1080. The number of hydrogen-bond donors (Lipinski definition) is 2. The van der Waals surface area contributed by atoms with E-state index in [4.69, 9.17) is 4.98 Å². The highest BCUT2D eigenvalue weighted by molar-refractivity contribution is 7.12. The van der Waals surface area contributed by atoms with Gasteiger partial charge >= 0.3 is 12.2 Å². The van der Waals surface area contributed by atoms with Crippen molar-refractivity contribution in [1.82, 2.24) is 9.88 Å². The van der Waals surface area contributed by atoms with E-state index in [9.17, 15) is 23.1 Å². The minimum atomic E-state index is -4.41. The van der Waals surface area contributed by atoms with Gasteiger partial charge in [-0.25, -0.2) is 9.78 Å². The summed E-state index contributed by atoms with van der Waals surface area (Å²) in [6.07, 6.45) is -2.35. The van der Waals surface area contributed by atoms with Crippen LogP contribution in [0.25, 0.3) is 11.3 Å². The Morgan fingerprint density at radius 3 is 2.36 bits per heavy atom. The molecule has 2 N–H and O–H groups in total. The molecule has 0 aliphatic carbocycles. The molecule has 0 bridgehead atoms. The zero-order chi connectivity index (χ0) is 23.4. The number of urea groups is 1. The Morgan fingerprint density at radius 2 is 1.76 bits per heavy atom. The second-order valence-corrected chi connectivity index (χ2v) is 9.05. The first-order chi connectivity index (χ1) is 15.8. The van der Waals surface area contributed by atoms with E-state index in [1.807, 2.05) is 30.3 Å². The molecule has 2 amide bonds. The molecule has 3 aromatic rings. The molecule has 5 nitrogen and oxygen atoms in total. The zero-order valence-corrected chi connectivity index (χ0v) is 18.6. The number of hydrogen-bond acceptors (Lipinski definition) is 4. The second-order valence-electron chi connectivity index (χ2n) is 7.93. The number of aromatic nitrogens is 1. The van der Waals surface area contributed by atoms with E-state index in [2.05, 4.69) is 5.32 Å². The van der Waals surface area contributed by atoms with Crippen LogP contribution in [0.4, 0.5) is 23.7 Å². The van der Waals surface area contributed by atoms with Gasteiger partial charge in [-0.3, -0.25) is 0 Å². The van der Waals surface area contributed by atoms with Gasteiger partial charge in [0.2, 0.25) is 0 Å². The molecule has 2 heterocycles. The van der Waals surface area contributed by atoms with Gasteiger partial charge in [-0.1, -0.05) is 30.3 Å². The van der Waals surface area contributed by atoms with Crippen LogP contribution in [-0.4, -0.2) is 40.7 Å². The van der Waals surface area contributed by atoms with Crippen LogP contribution < -0.4 is 5.32 Å². The first kappa shape index (κ1) is 23.3. The first-order valence-corrected chi connectivity index (χ1v) is 11.6. The smallest absolute Gasteiger partial charge is 0.396 e. The maximum atomic E-state index is 12.7. The fraction of sp³-hybridized carbons (Fsp3) is 0.333. The van der Waals surface area contributed by atoms with Gasteiger partial charge in [0.15, 0.2) is 0 Å². The summed E-state index contributed by atoms with van der Waals surface area (Å²) >= 11 is 1.62. The van der Waals surface area contributed by atoms with Crippen molar-refractivity contribution in [2.75, 3.05) is 25.0 Å². The number of alkyl halides is 3. The van der Waals surface area contributed by atoms with Gasteiger partial charge < -0.3 is 15.3 Å². The van der Waals surface area contributed by atoms with Crippen LogP contribution in [0.15, 0.2) is 54.6 Å². The van der Waals surface area contributed by atoms with Gasteiger partial charge in [0.25, 0.3) is 0 Å². The Balaban J connectivity index is 1.38. The fourth-order valence-corrected chi connectivity index (χ4v) is 5.16. The molecule has 9 heteroatoms. The van der Waals surface area contributed by atoms with Gasteiger partial charge in [-0.2, -0.15) is 13.2 Å². The molecule has 1 aliphatic heterocycles. The number of thiazole rings is 1. The summed E-state index contributed by atoms with van der Waals surface area (Å²) in [6, 6.07) is 14.0. The molecule has 1 saturated heterocycles. The summed E-state index contributed by atoms with van der Waals surface area (Å²) < 4.78 is 38.1. The van der Waals surface area contributed by atoms with Crippen LogP contribution in [0.5, 0.6) is 0 Å². The molecule has 1 aliphatic rings. The molecule has 1 fully saturated rings. The van der Waals surface area contributed by atoms with Crippen molar-refractivity contribution in [3.05, 3.63) is 70.0 Å². The lowest BCUT2D eigenvalue weighted by Gasteiger charge is -2.31. The average Bonchev–Trinajstić information content (AvgIpc) is 3.24. The number of nitrogens with one attached hydrogen (secondary N) is 1. The molecule has 0 atom stereocenters. The molecule has 0 saturated carbocycles. The van der Waals surface area contributed by atoms with Crippen LogP contribution in [0.2, 0.25) is 0 Å². The van der Waals surface area contributed by atoms with Crippen molar-refractivity contribution in [2.24, 2.45) is 0 Å². The van der Waals surface area contributed by atoms with Crippen LogP contribution in [-0.2, 0) is 12.6 Å². The number of likely N-dealkylation sites (tertiary alicyclic amines) is 1. The predicted octanol–water partition coefficient (Wildman–Crippen LogP) is 5.78. The maximum Gasteiger partial charge on any atom is 0.416 e. The van der Waals surface area contributed by atoms with Crippen molar-refractivity contribution < 1.29 is 23.1 Å². The van der Waals surface area contributed by atoms with Crippen LogP contribution >= 0.6 is 11.3 Å². The minimum Gasteiger partial charge on any atom is -0.396 e. The standard InChI is InChI=1S/C24H24F3N3O2S/c25-24(26,27)18-6-8-19(9-7-18)28-23(32)30-13-10-17(11-14-30)22-29-21(20(33-22)12-15-31)16-4-2-1-3-5-16/h1-9,17,31H,10-15H2,(H,28,32). The van der Waals surface area contributed by atoms with Crippen molar-refractivity contribution in [1.29, 1.82) is 0 Å². The number of piperidine rings is 1. The molecule has 4 rings (SSSR count). The zero-order valence-electron chi connectivity index (χ0n) is 17.8. The van der Waals surface area contributed by atoms with E-state index >= 15 is 0 Å². The van der Waals surface area contributed by atoms with Crippen LogP contribution in [0.1, 0.15) is 34.2 Å². The van der Waals surface area contributed by atoms with Crippen molar-refractivity contribution >= 4 is 23.1 Å². The number of carbonyl (C=O) groups excluding carboxylic acids is 1. The molecule has 1 aromatic heterocycles. The number of halogens is 3. The SMILES string of the molecule is O=C(Nc1ccc(C(F)(F)F)cc1)N1CCC(c2nc(-c3ccccc3)c(CCO)s2)CC1. The number of anilines is 1. The van der Waals surface area contributed by atoms with E-state index in [0.29, 0.717) is 25.2 Å². The summed E-state index contributed by atoms with van der Waals surface area (Å²) in [7, 11) is 0. The topological polar surface area (TPSA) is 65.5 Å². The first-order valence-electron chi connectivity index (χ1n) is 10.7. The molecular formula is C24H24F3N3O2S. The summed E-state index contributed by atoms with van der Waals surface area (Å²) in [5.41, 5.74) is 1.51. The van der Waals surface area contributed by atoms with Crippen LogP contribution in [0, 0.1) is 0 Å². The third kappa shape index (κ3) is 5.54. The molecule has 2 aromatic carbocycles. The van der Waals surface area contributed by atoms with E-state index < -0.39 is 11.7 Å². The molecule has 0 radical (unpaired) electrons. The molecule has 0 spiro atoms. The normalized spacial score (nSPS) is 15.0. The summed E-state index contributed by atoms with van der Waals surface area (Å²) in [6.45, 7) is 1.13. The van der Waals surface area contributed by atoms with E-state index in [-0.39, 0.29) is 18.6 Å². The number of amides is 2. The third-order valence-corrected chi connectivity index (χ3v) is 6.97. The lowest BCUT2D eigenvalue weighted by atomic mass is 9.97. The highest BCUT2D eigenvalue weighted by Crippen LogP contribution is 2.36. The monoisotopic (exact) mass is 475 g/mol. The molecule has 33 heavy (non-hydrogen) atoms. The Hall–Kier alpha value is -2.91. The minimum absolute atomic E-state index is 0.0596. The van der Waals surface area contributed by atoms with E-state index in [0.717, 1.165) is 46.1 Å². The fourth-order valence-electron chi connectivity index (χ4n) is 3.91. The molecule has 174 valence electrons. The Kier molecular flexibility index (Phi) is 6.99. The predicted molar refractivity (Wildman–Crippen MR) is 122 cm³/mol. The second kappa shape index (κ2) is 9.93. The number of nitrogens with zero attached hydrogens (tertiary/aromatic N) is 2. The average molecular weight is 476 g/mol. The van der Waals surface area contributed by atoms with Gasteiger partial charge in [0.05, 0.1) is 16.3 Å². The maximum absolute atomic E-state index is 12.7. The van der Waals surface area contributed by atoms with Gasteiger partial charge in [0, 0.05) is 48.2 Å². The van der Waals surface area contributed by atoms with Crippen molar-refractivity contribution in [3.63, 3.8) is 0 Å². The lowest BCUT2D eigenvalue weighted by molar-refractivity contribution is -0.137. The van der Waals surface area contributed by atoms with Gasteiger partial charge in [0.1, 0.15) is 0 Å². The Morgan fingerprint density at radius 1 is 1.09 bits per heavy atom. The lowest BCUT2D eigenvalue weighted by Crippen LogP contribution is -2.40. The van der Waals surface area contributed by atoms with E-state index in [1.165, 1.54) is 12.1 Å². The summed E-state index contributed by atoms with van der Waals surface area (Å²) in [4.78, 5) is 20.2. The number of benzene rings is 2. The van der Waals surface area contributed by atoms with Crippen LogP contribution in [0.3, 0.4) is 0 Å². The summed E-state index contributed by atoms with van der Waals surface area (Å²) in [5.74, 6) is 0.222. The van der Waals surface area contributed by atoms with E-state index in [1.54, 1.807) is 16.2 Å². The van der Waals surface area contributed by atoms with Crippen molar-refractivity contribution in [2.45, 2.75) is 31.4 Å². The largest absolute Gasteiger partial charge is 0.416 e. The number of carbonyl (C=O) groups is 1. The summed E-state index contributed by atoms with van der Waals surface area (Å²) in [5, 5.41) is 13.1. The van der Waals surface area contributed by atoms with Gasteiger partial charge in [-0.15, -0.1) is 11.3 Å². The highest BCUT2D eigenvalue weighted by Gasteiger charge is 2.30. The number of rotatable bonds is 5. The third-order valence-electron chi connectivity index (χ3n) is 5.69. The highest BCUT2D eigenvalue weighted by atomic mass is 32.1.